The van der Waals surface area contributed by atoms with Crippen molar-refractivity contribution in [2.24, 2.45) is 26.2 Å². The lowest BCUT2D eigenvalue weighted by Gasteiger charge is -2.35. The monoisotopic (exact) mass is 747 g/mol. The lowest BCUT2D eigenvalue weighted by Crippen LogP contribution is -2.48. The summed E-state index contributed by atoms with van der Waals surface area (Å²) in [7, 11) is 0. The van der Waals surface area contributed by atoms with Gasteiger partial charge in [-0.2, -0.15) is 19.0 Å². The number of benzene rings is 2. The molecule has 280 valence electrons. The summed E-state index contributed by atoms with van der Waals surface area (Å²) in [6.45, 7) is 9.19. The van der Waals surface area contributed by atoms with Gasteiger partial charge in [0.25, 0.3) is 12.3 Å². The fraction of sp³-hybridized carbons (Fsp3) is 0.429. The maximum atomic E-state index is 14.9. The third-order valence-corrected chi connectivity index (χ3v) is 8.09. The number of nitrogens with two attached hydrogens (primary N) is 1. The molecule has 4 N–H and O–H groups in total. The van der Waals surface area contributed by atoms with Crippen molar-refractivity contribution in [3.8, 4) is 11.1 Å². The van der Waals surface area contributed by atoms with Crippen LogP contribution in [-0.2, 0) is 15.1 Å². The van der Waals surface area contributed by atoms with Gasteiger partial charge < -0.3 is 15.8 Å². The maximum absolute atomic E-state index is 14.9. The second kappa shape index (κ2) is 15.7. The molecule has 0 fully saturated rings. The number of rotatable bonds is 12. The van der Waals surface area contributed by atoms with Crippen molar-refractivity contribution in [2.75, 3.05) is 12.0 Å². The minimum atomic E-state index is -2.80. The number of carbonyl (C=O) groups excluding carboxylic acids is 2. The molecule has 0 radical (unpaired) electrons. The number of aromatic nitrogens is 2. The van der Waals surface area contributed by atoms with Crippen LogP contribution < -0.4 is 16.5 Å². The molecule has 0 spiro atoms. The molecule has 2 heterocycles. The van der Waals surface area contributed by atoms with Crippen LogP contribution in [0, 0.1) is 5.41 Å². The Hall–Kier alpha value is -4.99. The van der Waals surface area contributed by atoms with Crippen molar-refractivity contribution >= 4 is 47.3 Å². The molecular weight excluding hydrogens is 706 g/mol. The summed E-state index contributed by atoms with van der Waals surface area (Å²) in [5, 5.41) is 10.5. The number of halogens is 5. The van der Waals surface area contributed by atoms with Gasteiger partial charge in [0.2, 0.25) is 0 Å². The normalized spacial score (nSPS) is 17.7. The standard InChI is InChI=1S/C35H42ClF4N9O3/c1-20(28(37)38)42-19-43-47-26-14-22(10-13-25(26)36)27(17-52-32(51)46-34(5,6)7)49-29(50)35(45-31(49)41,18-33(2,3)4)24-11-8-21(9-12-24)23-15-44-48(16-23)30(39)40/h8-16,19,27-28,30,47H,17-18H2,1-7H3,(H2,41,45)(H,46,51)/b42-20?,43-19-/t27-,35-/m1/s1. The van der Waals surface area contributed by atoms with Gasteiger partial charge in [-0.15, -0.1) is 0 Å². The van der Waals surface area contributed by atoms with Gasteiger partial charge in [0.1, 0.15) is 12.9 Å². The lowest BCUT2D eigenvalue weighted by atomic mass is 9.75. The summed E-state index contributed by atoms with van der Waals surface area (Å²) in [5.74, 6) is -0.636. The van der Waals surface area contributed by atoms with E-state index in [1.54, 1.807) is 57.2 Å². The molecule has 2 atom stereocenters. The highest BCUT2D eigenvalue weighted by Gasteiger charge is 2.53. The highest BCUT2D eigenvalue weighted by Crippen LogP contribution is 2.45. The number of aliphatic imine (C=N–C) groups is 2. The molecule has 12 nitrogen and oxygen atoms in total. The minimum absolute atomic E-state index is 0.138. The van der Waals surface area contributed by atoms with E-state index < -0.39 is 53.2 Å². The number of anilines is 1. The Morgan fingerprint density at radius 3 is 2.33 bits per heavy atom. The van der Waals surface area contributed by atoms with Gasteiger partial charge in [0.15, 0.2) is 11.5 Å². The van der Waals surface area contributed by atoms with Gasteiger partial charge in [-0.05, 0) is 68.4 Å². The number of carbonyl (C=O) groups is 2. The van der Waals surface area contributed by atoms with Gasteiger partial charge in [0, 0.05) is 17.3 Å². The van der Waals surface area contributed by atoms with E-state index in [-0.39, 0.29) is 29.7 Å². The van der Waals surface area contributed by atoms with E-state index in [0.29, 0.717) is 26.9 Å². The molecule has 17 heteroatoms. The predicted molar refractivity (Wildman–Crippen MR) is 193 cm³/mol. The van der Waals surface area contributed by atoms with Gasteiger partial charge in [0.05, 0.1) is 28.7 Å². The Morgan fingerprint density at radius 1 is 1.08 bits per heavy atom. The number of ether oxygens (including phenoxy) is 1. The second-order valence-electron chi connectivity index (χ2n) is 14.5. The highest BCUT2D eigenvalue weighted by molar-refractivity contribution is 6.33. The molecule has 2 amide bonds. The molecule has 0 aliphatic carbocycles. The first-order valence-electron chi connectivity index (χ1n) is 16.2. The number of nitrogens with zero attached hydrogens (tertiary/aromatic N) is 6. The van der Waals surface area contributed by atoms with Crippen molar-refractivity contribution in [3.05, 3.63) is 71.0 Å². The number of hydrazone groups is 1. The quantitative estimate of drug-likeness (QED) is 0.0747. The van der Waals surface area contributed by atoms with Crippen LogP contribution in [0.15, 0.2) is 69.9 Å². The van der Waals surface area contributed by atoms with Crippen LogP contribution in [0.5, 0.6) is 0 Å². The topological polar surface area (TPSA) is 152 Å². The molecule has 4 rings (SSSR count). The van der Waals surface area contributed by atoms with E-state index in [0.717, 1.165) is 13.3 Å². The molecule has 0 unspecified atom stereocenters. The number of alkyl halides is 4. The summed E-state index contributed by atoms with van der Waals surface area (Å²) in [5.41, 5.74) is 8.44. The SMILES string of the molecule is CC(=N/C=N\Nc1cc([C@@H](COC(=O)NC(C)(C)C)N2C(=O)[C@@](CC(C)(C)C)(c3ccc(-c4cnn(C(F)F)c4)cc3)N=C2N)ccc1Cl)C(F)F. The zero-order valence-corrected chi connectivity index (χ0v) is 30.6. The third-order valence-electron chi connectivity index (χ3n) is 7.76. The van der Waals surface area contributed by atoms with Crippen molar-refractivity contribution in [1.29, 1.82) is 0 Å². The Labute approximate surface area is 304 Å². The first kappa shape index (κ1) is 39.8. The molecule has 1 aromatic heterocycles. The van der Waals surface area contributed by atoms with E-state index in [1.165, 1.54) is 23.4 Å². The number of alkyl carbamates (subject to hydrolysis) is 1. The van der Waals surface area contributed by atoms with Gasteiger partial charge in [-0.3, -0.25) is 15.1 Å². The Morgan fingerprint density at radius 2 is 1.75 bits per heavy atom. The van der Waals surface area contributed by atoms with Gasteiger partial charge in [-0.1, -0.05) is 62.7 Å². The third kappa shape index (κ3) is 9.66. The van der Waals surface area contributed by atoms with Crippen LogP contribution in [0.25, 0.3) is 11.1 Å². The van der Waals surface area contributed by atoms with Crippen LogP contribution in [0.3, 0.4) is 0 Å². The molecular formula is C35H42ClF4N9O3. The smallest absolute Gasteiger partial charge is 0.407 e. The van der Waals surface area contributed by atoms with Crippen LogP contribution in [0.1, 0.15) is 78.6 Å². The number of hydrogen-bond donors (Lipinski definition) is 3. The minimum Gasteiger partial charge on any atom is -0.447 e. The zero-order chi connectivity index (χ0) is 38.6. The number of nitrogens with one attached hydrogen (secondary N) is 2. The first-order chi connectivity index (χ1) is 24.2. The van der Waals surface area contributed by atoms with Crippen LogP contribution in [-0.4, -0.2) is 63.3 Å². The molecule has 3 aromatic rings. The maximum Gasteiger partial charge on any atom is 0.407 e. The number of hydrogen-bond acceptors (Lipinski definition) is 8. The fourth-order valence-corrected chi connectivity index (χ4v) is 5.69. The summed E-state index contributed by atoms with van der Waals surface area (Å²) >= 11 is 6.42. The molecule has 0 saturated heterocycles. The van der Waals surface area contributed by atoms with Gasteiger partial charge in [-0.25, -0.2) is 28.2 Å². The molecule has 1 aliphatic heterocycles. The van der Waals surface area contributed by atoms with E-state index in [4.69, 9.17) is 27.1 Å². The van der Waals surface area contributed by atoms with Crippen LogP contribution >= 0.6 is 11.6 Å². The van der Waals surface area contributed by atoms with Gasteiger partial charge >= 0.3 is 12.6 Å². The average molecular weight is 748 g/mol. The number of amides is 2. The molecule has 1 aliphatic rings. The van der Waals surface area contributed by atoms with Crippen molar-refractivity contribution in [1.82, 2.24) is 20.0 Å². The average Bonchev–Trinajstić information content (AvgIpc) is 3.63. The Balaban J connectivity index is 1.76. The lowest BCUT2D eigenvalue weighted by molar-refractivity contribution is -0.135. The highest BCUT2D eigenvalue weighted by atomic mass is 35.5. The number of guanidine groups is 1. The van der Waals surface area contributed by atoms with Crippen molar-refractivity contribution < 1.29 is 31.9 Å². The molecule has 52 heavy (non-hydrogen) atoms. The summed E-state index contributed by atoms with van der Waals surface area (Å²) < 4.78 is 58.2. The second-order valence-corrected chi connectivity index (χ2v) is 14.9. The zero-order valence-electron chi connectivity index (χ0n) is 29.8. The van der Waals surface area contributed by atoms with E-state index >= 15 is 0 Å². The summed E-state index contributed by atoms with van der Waals surface area (Å²) in [6, 6.07) is 10.4. The molecule has 0 saturated carbocycles. The fourth-order valence-electron chi connectivity index (χ4n) is 5.53. The summed E-state index contributed by atoms with van der Waals surface area (Å²) in [4.78, 5) is 37.3. The molecule has 2 aromatic carbocycles. The Bertz CT molecular complexity index is 1850. The van der Waals surface area contributed by atoms with E-state index in [9.17, 15) is 27.2 Å². The largest absolute Gasteiger partial charge is 0.447 e. The van der Waals surface area contributed by atoms with E-state index in [2.05, 4.69) is 25.9 Å². The van der Waals surface area contributed by atoms with Crippen molar-refractivity contribution in [2.45, 2.75) is 85.0 Å². The predicted octanol–water partition coefficient (Wildman–Crippen LogP) is 7.73. The van der Waals surface area contributed by atoms with Crippen LogP contribution in [0.4, 0.5) is 28.0 Å². The Kier molecular flexibility index (Phi) is 12.0. The first-order valence-corrected chi connectivity index (χ1v) is 16.5. The summed E-state index contributed by atoms with van der Waals surface area (Å²) in [6.07, 6.45) is 0.188. The van der Waals surface area contributed by atoms with Crippen LogP contribution in [0.2, 0.25) is 5.02 Å². The molecule has 0 bridgehead atoms. The van der Waals surface area contributed by atoms with E-state index in [1.807, 2.05) is 20.8 Å². The van der Waals surface area contributed by atoms with Crippen molar-refractivity contribution in [3.63, 3.8) is 0 Å².